The summed E-state index contributed by atoms with van der Waals surface area (Å²) in [6.45, 7) is 1.09. The molecular formula is C30H26F3N5O2. The highest BCUT2D eigenvalue weighted by molar-refractivity contribution is 6.03. The van der Waals surface area contributed by atoms with Gasteiger partial charge in [0.05, 0.1) is 17.9 Å². The molecule has 3 heterocycles. The number of amides is 2. The van der Waals surface area contributed by atoms with E-state index in [0.717, 1.165) is 27.8 Å². The number of halogens is 3. The van der Waals surface area contributed by atoms with Crippen molar-refractivity contribution in [3.63, 3.8) is 0 Å². The van der Waals surface area contributed by atoms with Crippen molar-refractivity contribution in [1.82, 2.24) is 19.2 Å². The summed E-state index contributed by atoms with van der Waals surface area (Å²) in [7, 11) is 1.20. The van der Waals surface area contributed by atoms with E-state index < -0.39 is 17.8 Å². The van der Waals surface area contributed by atoms with Crippen LogP contribution in [0.2, 0.25) is 0 Å². The van der Waals surface area contributed by atoms with E-state index in [1.165, 1.54) is 13.2 Å². The second-order valence-corrected chi connectivity index (χ2v) is 9.54. The molecule has 0 atom stereocenters. The number of benzene rings is 2. The zero-order valence-corrected chi connectivity index (χ0v) is 21.7. The number of carbonyl (C=O) groups excluding carboxylic acids is 2. The number of rotatable bonds is 4. The predicted octanol–water partition coefficient (Wildman–Crippen LogP) is 5.37. The van der Waals surface area contributed by atoms with Crippen molar-refractivity contribution in [2.75, 3.05) is 18.4 Å². The number of alkyl halides is 3. The molecule has 1 N–H and O–H groups in total. The molecule has 0 radical (unpaired) electrons. The largest absolute Gasteiger partial charge is 0.431 e. The number of nitrogens with zero attached hydrogens (tertiary/aromatic N) is 4. The highest BCUT2D eigenvalue weighted by Gasteiger charge is 2.35. The summed E-state index contributed by atoms with van der Waals surface area (Å²) in [6, 6.07) is 19.0. The van der Waals surface area contributed by atoms with Crippen molar-refractivity contribution in [3.8, 4) is 11.8 Å². The first-order valence-corrected chi connectivity index (χ1v) is 12.7. The molecule has 40 heavy (non-hydrogen) atoms. The second kappa shape index (κ2) is 11.1. The maximum atomic E-state index is 13.0. The highest BCUT2D eigenvalue weighted by atomic mass is 19.4. The third-order valence-corrected chi connectivity index (χ3v) is 6.89. The van der Waals surface area contributed by atoms with Crippen LogP contribution in [0.25, 0.3) is 0 Å². The number of hydrogen-bond donors (Lipinski definition) is 1. The van der Waals surface area contributed by atoms with Gasteiger partial charge in [-0.25, -0.2) is 0 Å². The Balaban J connectivity index is 1.15. The molecule has 1 saturated heterocycles. The van der Waals surface area contributed by atoms with Crippen LogP contribution >= 0.6 is 0 Å². The molecule has 10 heteroatoms. The topological polar surface area (TPSA) is 72.2 Å². The summed E-state index contributed by atoms with van der Waals surface area (Å²) in [4.78, 5) is 27.4. The van der Waals surface area contributed by atoms with E-state index in [9.17, 15) is 22.8 Å². The van der Waals surface area contributed by atoms with Crippen LogP contribution in [-0.4, -0.2) is 44.2 Å². The summed E-state index contributed by atoms with van der Waals surface area (Å²) in [5, 5.41) is 6.94. The van der Waals surface area contributed by atoms with Gasteiger partial charge in [-0.3, -0.25) is 14.3 Å². The fraction of sp³-hybridized carbons (Fsp3) is 0.233. The average molecular weight is 546 g/mol. The van der Waals surface area contributed by atoms with Gasteiger partial charge in [0, 0.05) is 43.0 Å². The second-order valence-electron chi connectivity index (χ2n) is 9.54. The van der Waals surface area contributed by atoms with Crippen LogP contribution in [0, 0.1) is 11.8 Å². The smallest absolute Gasteiger partial charge is 0.338 e. The molecule has 0 saturated carbocycles. The van der Waals surface area contributed by atoms with E-state index in [4.69, 9.17) is 0 Å². The molecule has 0 spiro atoms. The number of anilines is 1. The molecule has 1 aliphatic rings. The van der Waals surface area contributed by atoms with Crippen LogP contribution in [-0.2, 0) is 13.2 Å². The molecular weight excluding hydrogens is 519 g/mol. The maximum absolute atomic E-state index is 13.0. The van der Waals surface area contributed by atoms with Gasteiger partial charge in [-0.05, 0) is 61.4 Å². The van der Waals surface area contributed by atoms with Crippen LogP contribution < -0.4 is 5.32 Å². The molecule has 0 unspecified atom stereocenters. The molecule has 2 amide bonds. The first kappa shape index (κ1) is 26.8. The van der Waals surface area contributed by atoms with Gasteiger partial charge in [0.25, 0.3) is 11.8 Å². The van der Waals surface area contributed by atoms with Crippen molar-refractivity contribution in [3.05, 3.63) is 107 Å². The van der Waals surface area contributed by atoms with Gasteiger partial charge in [-0.1, -0.05) is 30.0 Å². The summed E-state index contributed by atoms with van der Waals surface area (Å²) < 4.78 is 41.7. The number of hydrogen-bond acceptors (Lipinski definition) is 3. The molecule has 0 bridgehead atoms. The zero-order chi connectivity index (χ0) is 28.3. The summed E-state index contributed by atoms with van der Waals surface area (Å²) in [5.41, 5.74) is 1.72. The van der Waals surface area contributed by atoms with E-state index in [-0.39, 0.29) is 17.6 Å². The molecule has 0 aliphatic carbocycles. The van der Waals surface area contributed by atoms with Crippen molar-refractivity contribution in [1.29, 1.82) is 0 Å². The Morgan fingerprint density at radius 2 is 1.57 bits per heavy atom. The molecule has 5 rings (SSSR count). The summed E-state index contributed by atoms with van der Waals surface area (Å²) >= 11 is 0. The van der Waals surface area contributed by atoms with Gasteiger partial charge < -0.3 is 14.8 Å². The van der Waals surface area contributed by atoms with Gasteiger partial charge in [0.1, 0.15) is 11.4 Å². The standard InChI is InChI=1S/C30H26F3N5O2/c1-36-26(13-14-27(36)30(31,32)33)28(39)35-24-19-34-38(20-24)25-15-17-37(18-16-25)29(40)23-11-9-22(10-12-23)8-7-21-5-3-2-4-6-21/h2-6,9-14,19-20,25H,15-18H2,1H3,(H,35,39). The maximum Gasteiger partial charge on any atom is 0.431 e. The lowest BCUT2D eigenvalue weighted by Crippen LogP contribution is -2.39. The number of piperidine rings is 1. The number of nitrogens with one attached hydrogen (secondary N) is 1. The minimum atomic E-state index is -4.55. The van der Waals surface area contributed by atoms with E-state index in [2.05, 4.69) is 22.3 Å². The fourth-order valence-corrected chi connectivity index (χ4v) is 4.70. The Morgan fingerprint density at radius 1 is 0.925 bits per heavy atom. The van der Waals surface area contributed by atoms with E-state index in [1.807, 2.05) is 42.5 Å². The first-order chi connectivity index (χ1) is 19.2. The van der Waals surface area contributed by atoms with E-state index in [1.54, 1.807) is 27.9 Å². The SMILES string of the molecule is Cn1c(C(=O)Nc2cnn(C3CCN(C(=O)c4ccc(C#Cc5ccccc5)cc4)CC3)c2)ccc1C(F)(F)F. The van der Waals surface area contributed by atoms with Crippen LogP contribution in [0.1, 0.15) is 56.6 Å². The first-order valence-electron chi connectivity index (χ1n) is 12.7. The average Bonchev–Trinajstić information content (AvgIpc) is 3.59. The Bertz CT molecular complexity index is 1570. The van der Waals surface area contributed by atoms with Gasteiger partial charge in [-0.15, -0.1) is 0 Å². The van der Waals surface area contributed by atoms with Gasteiger partial charge in [-0.2, -0.15) is 18.3 Å². The lowest BCUT2D eigenvalue weighted by Gasteiger charge is -2.32. The Labute approximate surface area is 229 Å². The Morgan fingerprint density at radius 3 is 2.20 bits per heavy atom. The van der Waals surface area contributed by atoms with Crippen LogP contribution in [0.15, 0.2) is 79.1 Å². The molecule has 7 nitrogen and oxygen atoms in total. The molecule has 1 aliphatic heterocycles. The normalized spacial score (nSPS) is 13.9. The summed E-state index contributed by atoms with van der Waals surface area (Å²) in [5.74, 6) is 5.51. The van der Waals surface area contributed by atoms with E-state index in [0.29, 0.717) is 37.2 Å². The minimum Gasteiger partial charge on any atom is -0.338 e. The zero-order valence-electron chi connectivity index (χ0n) is 21.7. The Hall–Kier alpha value is -4.78. The van der Waals surface area contributed by atoms with Crippen molar-refractivity contribution in [2.24, 2.45) is 7.05 Å². The monoisotopic (exact) mass is 545 g/mol. The van der Waals surface area contributed by atoms with Crippen molar-refractivity contribution in [2.45, 2.75) is 25.1 Å². The fourth-order valence-electron chi connectivity index (χ4n) is 4.70. The summed E-state index contributed by atoms with van der Waals surface area (Å²) in [6.07, 6.45) is -0.0778. The third kappa shape index (κ3) is 5.94. The van der Waals surface area contributed by atoms with Gasteiger partial charge in [0.15, 0.2) is 0 Å². The van der Waals surface area contributed by atoms with Crippen LogP contribution in [0.4, 0.5) is 18.9 Å². The quantitative estimate of drug-likeness (QED) is 0.351. The van der Waals surface area contributed by atoms with Gasteiger partial charge >= 0.3 is 6.18 Å². The molecule has 204 valence electrons. The van der Waals surface area contributed by atoms with Crippen LogP contribution in [0.5, 0.6) is 0 Å². The predicted molar refractivity (Wildman–Crippen MR) is 144 cm³/mol. The minimum absolute atomic E-state index is 0.0252. The highest BCUT2D eigenvalue weighted by Crippen LogP contribution is 2.30. The number of carbonyl (C=O) groups is 2. The lowest BCUT2D eigenvalue weighted by atomic mass is 10.0. The molecule has 4 aromatic rings. The van der Waals surface area contributed by atoms with Crippen LogP contribution in [0.3, 0.4) is 0 Å². The Kier molecular flexibility index (Phi) is 7.47. The molecule has 2 aromatic heterocycles. The number of aromatic nitrogens is 3. The lowest BCUT2D eigenvalue weighted by molar-refractivity contribution is -0.143. The van der Waals surface area contributed by atoms with Crippen molar-refractivity contribution >= 4 is 17.5 Å². The van der Waals surface area contributed by atoms with Gasteiger partial charge in [0.2, 0.25) is 0 Å². The van der Waals surface area contributed by atoms with Crippen molar-refractivity contribution < 1.29 is 22.8 Å². The van der Waals surface area contributed by atoms with E-state index >= 15 is 0 Å². The molecule has 1 fully saturated rings. The number of likely N-dealkylation sites (tertiary alicyclic amines) is 1. The third-order valence-electron chi connectivity index (χ3n) is 6.89. The molecule has 2 aromatic carbocycles.